The Balaban J connectivity index is 2.31. The molecule has 1 aromatic carbocycles. The molecular weight excluding hydrogens is 246 g/mol. The van der Waals surface area contributed by atoms with Gasteiger partial charge in [-0.2, -0.15) is 0 Å². The minimum atomic E-state index is -0.276. The average Bonchev–Trinajstić information content (AvgIpc) is 2.34. The normalized spacial score (nSPS) is 20.3. The van der Waals surface area contributed by atoms with Gasteiger partial charge in [-0.1, -0.05) is 38.3 Å². The maximum atomic E-state index is 6.56. The number of halogens is 1. The molecule has 2 N–H and O–H groups in total. The SMILES string of the molecule is CCC1(CC)CC(N)(c2cc(Cl)ccc2OC)C1. The van der Waals surface area contributed by atoms with Gasteiger partial charge in [-0.3, -0.25) is 0 Å². The molecular formula is C15H22ClNO. The van der Waals surface area contributed by atoms with E-state index in [1.54, 1.807) is 7.11 Å². The Labute approximate surface area is 114 Å². The highest BCUT2D eigenvalue weighted by Gasteiger charge is 2.52. The molecule has 0 atom stereocenters. The van der Waals surface area contributed by atoms with Crippen molar-refractivity contribution in [2.24, 2.45) is 11.1 Å². The lowest BCUT2D eigenvalue weighted by Crippen LogP contribution is -2.55. The first-order valence-corrected chi connectivity index (χ1v) is 6.99. The molecule has 0 aromatic heterocycles. The minimum Gasteiger partial charge on any atom is -0.496 e. The van der Waals surface area contributed by atoms with E-state index in [2.05, 4.69) is 13.8 Å². The largest absolute Gasteiger partial charge is 0.496 e. The average molecular weight is 268 g/mol. The Hall–Kier alpha value is -0.730. The van der Waals surface area contributed by atoms with Gasteiger partial charge in [-0.25, -0.2) is 0 Å². The van der Waals surface area contributed by atoms with E-state index < -0.39 is 0 Å². The van der Waals surface area contributed by atoms with Crippen molar-refractivity contribution in [2.75, 3.05) is 7.11 Å². The van der Waals surface area contributed by atoms with E-state index in [4.69, 9.17) is 22.1 Å². The van der Waals surface area contributed by atoms with Crippen molar-refractivity contribution < 1.29 is 4.74 Å². The van der Waals surface area contributed by atoms with Gasteiger partial charge >= 0.3 is 0 Å². The first-order valence-electron chi connectivity index (χ1n) is 6.61. The fourth-order valence-corrected chi connectivity index (χ4v) is 3.47. The Kier molecular flexibility index (Phi) is 3.61. The molecule has 1 aliphatic rings. The summed E-state index contributed by atoms with van der Waals surface area (Å²) >= 11 is 6.09. The highest BCUT2D eigenvalue weighted by molar-refractivity contribution is 6.30. The standard InChI is InChI=1S/C15H22ClNO/c1-4-14(5-2)9-15(17,10-14)12-8-11(16)6-7-13(12)18-3/h6-8H,4-5,9-10,17H2,1-3H3. The number of hydrogen-bond acceptors (Lipinski definition) is 2. The van der Waals surface area contributed by atoms with Crippen LogP contribution in [0.4, 0.5) is 0 Å². The van der Waals surface area contributed by atoms with Gasteiger partial charge in [0.25, 0.3) is 0 Å². The Bertz CT molecular complexity index is 432. The number of benzene rings is 1. The molecule has 0 amide bonds. The van der Waals surface area contributed by atoms with Crippen LogP contribution in [0.2, 0.25) is 5.02 Å². The monoisotopic (exact) mass is 267 g/mol. The van der Waals surface area contributed by atoms with Gasteiger partial charge in [0.05, 0.1) is 7.11 Å². The summed E-state index contributed by atoms with van der Waals surface area (Å²) in [6.45, 7) is 4.50. The highest BCUT2D eigenvalue weighted by Crippen LogP contribution is 2.57. The van der Waals surface area contributed by atoms with E-state index in [0.29, 0.717) is 5.41 Å². The number of ether oxygens (including phenoxy) is 1. The van der Waals surface area contributed by atoms with Crippen molar-refractivity contribution in [1.29, 1.82) is 0 Å². The molecule has 0 aliphatic heterocycles. The van der Waals surface area contributed by atoms with Crippen LogP contribution in [0.3, 0.4) is 0 Å². The lowest BCUT2D eigenvalue weighted by molar-refractivity contribution is 0.0153. The van der Waals surface area contributed by atoms with Crippen LogP contribution in [0.15, 0.2) is 18.2 Å². The second-order valence-electron chi connectivity index (χ2n) is 5.56. The summed E-state index contributed by atoms with van der Waals surface area (Å²) in [5, 5.41) is 0.723. The predicted octanol–water partition coefficient (Wildman–Crippen LogP) is 4.10. The summed E-state index contributed by atoms with van der Waals surface area (Å²) in [4.78, 5) is 0. The van der Waals surface area contributed by atoms with Gasteiger partial charge in [0.2, 0.25) is 0 Å². The zero-order valence-corrected chi connectivity index (χ0v) is 12.2. The van der Waals surface area contributed by atoms with Gasteiger partial charge in [-0.15, -0.1) is 0 Å². The topological polar surface area (TPSA) is 35.2 Å². The summed E-state index contributed by atoms with van der Waals surface area (Å²) in [7, 11) is 1.68. The van der Waals surface area contributed by atoms with E-state index in [1.165, 1.54) is 12.8 Å². The van der Waals surface area contributed by atoms with E-state index >= 15 is 0 Å². The molecule has 3 heteroatoms. The van der Waals surface area contributed by atoms with Crippen LogP contribution >= 0.6 is 11.6 Å². The Morgan fingerprint density at radius 3 is 2.39 bits per heavy atom. The fourth-order valence-electron chi connectivity index (χ4n) is 3.30. The summed E-state index contributed by atoms with van der Waals surface area (Å²) < 4.78 is 5.42. The third-order valence-corrected chi connectivity index (χ3v) is 4.81. The van der Waals surface area contributed by atoms with Crippen molar-refractivity contribution in [2.45, 2.75) is 45.1 Å². The van der Waals surface area contributed by atoms with Gasteiger partial charge in [-0.05, 0) is 36.5 Å². The third kappa shape index (κ3) is 2.12. The Morgan fingerprint density at radius 2 is 1.89 bits per heavy atom. The molecule has 0 radical (unpaired) electrons. The van der Waals surface area contributed by atoms with E-state index in [-0.39, 0.29) is 5.54 Å². The lowest BCUT2D eigenvalue weighted by Gasteiger charge is -2.55. The van der Waals surface area contributed by atoms with Crippen LogP contribution in [0.25, 0.3) is 0 Å². The second kappa shape index (κ2) is 4.75. The number of hydrogen-bond donors (Lipinski definition) is 1. The molecule has 2 rings (SSSR count). The second-order valence-corrected chi connectivity index (χ2v) is 6.00. The summed E-state index contributed by atoms with van der Waals surface area (Å²) in [6.07, 6.45) is 4.41. The molecule has 100 valence electrons. The van der Waals surface area contributed by atoms with Crippen molar-refractivity contribution in [1.82, 2.24) is 0 Å². The van der Waals surface area contributed by atoms with Gasteiger partial charge < -0.3 is 10.5 Å². The predicted molar refractivity (Wildman–Crippen MR) is 76.1 cm³/mol. The van der Waals surface area contributed by atoms with E-state index in [0.717, 1.165) is 29.2 Å². The molecule has 18 heavy (non-hydrogen) atoms. The summed E-state index contributed by atoms with van der Waals surface area (Å²) in [6, 6.07) is 5.71. The third-order valence-electron chi connectivity index (χ3n) is 4.58. The molecule has 1 aromatic rings. The Morgan fingerprint density at radius 1 is 1.28 bits per heavy atom. The minimum absolute atomic E-state index is 0.276. The van der Waals surface area contributed by atoms with E-state index in [1.807, 2.05) is 18.2 Å². The molecule has 0 unspecified atom stereocenters. The van der Waals surface area contributed by atoms with Gasteiger partial charge in [0, 0.05) is 16.1 Å². The molecule has 1 aliphatic carbocycles. The first kappa shape index (κ1) is 13.7. The van der Waals surface area contributed by atoms with Crippen molar-refractivity contribution in [3.63, 3.8) is 0 Å². The van der Waals surface area contributed by atoms with Crippen LogP contribution in [-0.4, -0.2) is 7.11 Å². The highest BCUT2D eigenvalue weighted by atomic mass is 35.5. The van der Waals surface area contributed by atoms with Gasteiger partial charge in [0.15, 0.2) is 0 Å². The van der Waals surface area contributed by atoms with Crippen molar-refractivity contribution in [3.8, 4) is 5.75 Å². The van der Waals surface area contributed by atoms with Crippen LogP contribution in [-0.2, 0) is 5.54 Å². The maximum Gasteiger partial charge on any atom is 0.124 e. The zero-order valence-electron chi connectivity index (χ0n) is 11.4. The molecule has 0 bridgehead atoms. The van der Waals surface area contributed by atoms with Crippen LogP contribution in [0, 0.1) is 5.41 Å². The molecule has 0 spiro atoms. The molecule has 2 nitrogen and oxygen atoms in total. The van der Waals surface area contributed by atoms with Gasteiger partial charge in [0.1, 0.15) is 5.75 Å². The number of rotatable bonds is 4. The maximum absolute atomic E-state index is 6.56. The quantitative estimate of drug-likeness (QED) is 0.891. The lowest BCUT2D eigenvalue weighted by atomic mass is 9.53. The summed E-state index contributed by atoms with van der Waals surface area (Å²) in [5.74, 6) is 0.850. The van der Waals surface area contributed by atoms with E-state index in [9.17, 15) is 0 Å². The molecule has 0 heterocycles. The molecule has 1 saturated carbocycles. The molecule has 0 saturated heterocycles. The fraction of sp³-hybridized carbons (Fsp3) is 0.600. The van der Waals surface area contributed by atoms with Crippen molar-refractivity contribution >= 4 is 11.6 Å². The van der Waals surface area contributed by atoms with Crippen LogP contribution < -0.4 is 10.5 Å². The zero-order chi connectivity index (χ0) is 13.4. The smallest absolute Gasteiger partial charge is 0.124 e. The molecule has 1 fully saturated rings. The van der Waals surface area contributed by atoms with Crippen LogP contribution in [0.1, 0.15) is 45.1 Å². The van der Waals surface area contributed by atoms with Crippen molar-refractivity contribution in [3.05, 3.63) is 28.8 Å². The number of methoxy groups -OCH3 is 1. The number of nitrogens with two attached hydrogens (primary N) is 1. The first-order chi connectivity index (χ1) is 8.48. The summed E-state index contributed by atoms with van der Waals surface area (Å²) in [5.41, 5.74) is 7.74. The van der Waals surface area contributed by atoms with Crippen LogP contribution in [0.5, 0.6) is 5.75 Å².